The van der Waals surface area contributed by atoms with Gasteiger partial charge in [-0.3, -0.25) is 4.90 Å². The van der Waals surface area contributed by atoms with Crippen molar-refractivity contribution >= 4 is 0 Å². The lowest BCUT2D eigenvalue weighted by Gasteiger charge is -2.37. The van der Waals surface area contributed by atoms with Gasteiger partial charge in [-0.15, -0.1) is 0 Å². The number of nitrogens with zero attached hydrogens (tertiary/aromatic N) is 4. The van der Waals surface area contributed by atoms with E-state index in [0.29, 0.717) is 13.2 Å². The van der Waals surface area contributed by atoms with Crippen molar-refractivity contribution in [2.24, 2.45) is 0 Å². The summed E-state index contributed by atoms with van der Waals surface area (Å²) in [6, 6.07) is 20.8. The summed E-state index contributed by atoms with van der Waals surface area (Å²) >= 11 is 0. The topological polar surface area (TPSA) is 74.8 Å². The highest BCUT2D eigenvalue weighted by molar-refractivity contribution is 5.64. The molecule has 0 aliphatic carbocycles. The molecule has 5 rings (SSSR count). The monoisotopic (exact) mass is 486 g/mol. The van der Waals surface area contributed by atoms with Gasteiger partial charge in [0.2, 0.25) is 0 Å². The molecule has 3 heterocycles. The van der Waals surface area contributed by atoms with Crippen LogP contribution < -0.4 is 9.47 Å². The van der Waals surface area contributed by atoms with Gasteiger partial charge in [0.15, 0.2) is 17.3 Å². The number of hydrogen-bond acceptors (Lipinski definition) is 7. The minimum Gasteiger partial charge on any atom is -0.486 e. The maximum absolute atomic E-state index is 9.93. The molecule has 2 aliphatic rings. The van der Waals surface area contributed by atoms with Crippen LogP contribution in [0.2, 0.25) is 0 Å². The molecule has 1 aromatic heterocycles. The number of nitriles is 1. The molecule has 0 atom stereocenters. The van der Waals surface area contributed by atoms with Crippen LogP contribution in [0.25, 0.3) is 11.3 Å². The Balaban J connectivity index is 1.10. The molecule has 0 amide bonds. The molecule has 188 valence electrons. The van der Waals surface area contributed by atoms with Gasteiger partial charge in [0, 0.05) is 11.6 Å². The molecule has 7 heteroatoms. The van der Waals surface area contributed by atoms with Gasteiger partial charge in [-0.1, -0.05) is 42.4 Å². The maximum atomic E-state index is 9.93. The molecule has 0 saturated carbocycles. The zero-order valence-corrected chi connectivity index (χ0v) is 21.0. The second-order valence-electron chi connectivity index (χ2n) is 9.66. The Morgan fingerprint density at radius 3 is 2.56 bits per heavy atom. The fraction of sp³-hybridized carbons (Fsp3) is 0.448. The molecule has 0 unspecified atom stereocenters. The number of rotatable bonds is 9. The summed E-state index contributed by atoms with van der Waals surface area (Å²) < 4.78 is 17.0. The molecule has 3 aromatic rings. The van der Waals surface area contributed by atoms with Crippen LogP contribution in [0.5, 0.6) is 11.5 Å². The molecular formula is C29H34N4O3. The van der Waals surface area contributed by atoms with E-state index in [9.17, 15) is 5.26 Å². The molecule has 0 bridgehead atoms. The first-order valence-electron chi connectivity index (χ1n) is 13.0. The Bertz CT molecular complexity index is 1180. The minimum absolute atomic E-state index is 0.339. The van der Waals surface area contributed by atoms with Gasteiger partial charge < -0.3 is 18.9 Å². The van der Waals surface area contributed by atoms with Crippen molar-refractivity contribution in [1.82, 2.24) is 15.0 Å². The van der Waals surface area contributed by atoms with E-state index in [0.717, 1.165) is 92.6 Å². The first-order chi connectivity index (χ1) is 17.7. The van der Waals surface area contributed by atoms with Crippen molar-refractivity contribution in [3.63, 3.8) is 0 Å². The van der Waals surface area contributed by atoms with E-state index in [1.54, 1.807) is 0 Å². The van der Waals surface area contributed by atoms with Gasteiger partial charge in [-0.05, 0) is 75.7 Å². The summed E-state index contributed by atoms with van der Waals surface area (Å²) in [5.41, 5.74) is 2.60. The molecule has 36 heavy (non-hydrogen) atoms. The SMILES string of the molecule is CCN(CCCN1CCC(C#N)(c2ccccc2)CC1)Cc1cc(-c2ccc3c(c2)OCCO3)no1. The third kappa shape index (κ3) is 5.40. The number of fused-ring (bicyclic) bond motifs is 1. The molecule has 7 nitrogen and oxygen atoms in total. The zero-order valence-electron chi connectivity index (χ0n) is 21.0. The van der Waals surface area contributed by atoms with E-state index in [2.05, 4.69) is 40.1 Å². The summed E-state index contributed by atoms with van der Waals surface area (Å²) in [6.45, 7) is 8.99. The summed E-state index contributed by atoms with van der Waals surface area (Å²) in [7, 11) is 0. The third-order valence-electron chi connectivity index (χ3n) is 7.42. The normalized spacial score (nSPS) is 17.1. The third-order valence-corrected chi connectivity index (χ3v) is 7.42. The van der Waals surface area contributed by atoms with E-state index >= 15 is 0 Å². The van der Waals surface area contributed by atoms with Crippen LogP contribution in [0.1, 0.15) is 37.5 Å². The van der Waals surface area contributed by atoms with Crippen molar-refractivity contribution in [2.45, 2.75) is 38.1 Å². The van der Waals surface area contributed by atoms with Crippen LogP contribution in [0.3, 0.4) is 0 Å². The number of benzene rings is 2. The average Bonchev–Trinajstić information content (AvgIpc) is 3.42. The van der Waals surface area contributed by atoms with Crippen molar-refractivity contribution in [2.75, 3.05) is 45.9 Å². The highest BCUT2D eigenvalue weighted by Crippen LogP contribution is 2.35. The van der Waals surface area contributed by atoms with E-state index in [1.165, 1.54) is 0 Å². The van der Waals surface area contributed by atoms with E-state index < -0.39 is 0 Å². The fourth-order valence-electron chi connectivity index (χ4n) is 5.19. The molecule has 1 fully saturated rings. The van der Waals surface area contributed by atoms with Crippen LogP contribution in [0.4, 0.5) is 0 Å². The lowest BCUT2D eigenvalue weighted by atomic mass is 9.74. The molecule has 0 radical (unpaired) electrons. The lowest BCUT2D eigenvalue weighted by molar-refractivity contribution is 0.168. The van der Waals surface area contributed by atoms with Crippen LogP contribution >= 0.6 is 0 Å². The maximum Gasteiger partial charge on any atom is 0.162 e. The first kappa shape index (κ1) is 24.4. The second-order valence-corrected chi connectivity index (χ2v) is 9.66. The smallest absolute Gasteiger partial charge is 0.162 e. The van der Waals surface area contributed by atoms with Crippen LogP contribution in [-0.2, 0) is 12.0 Å². The highest BCUT2D eigenvalue weighted by Gasteiger charge is 2.36. The van der Waals surface area contributed by atoms with E-state index in [4.69, 9.17) is 14.0 Å². The van der Waals surface area contributed by atoms with Crippen molar-refractivity contribution in [1.29, 1.82) is 5.26 Å². The minimum atomic E-state index is -0.339. The summed E-state index contributed by atoms with van der Waals surface area (Å²) in [5, 5.41) is 14.2. The van der Waals surface area contributed by atoms with Crippen LogP contribution in [0, 0.1) is 11.3 Å². The Morgan fingerprint density at radius 1 is 1.03 bits per heavy atom. The standard InChI is InChI=1S/C29H34N4O3/c1-2-32(13-6-14-33-15-11-29(22-30,12-16-33)24-7-4-3-5-8-24)21-25-20-26(31-36-25)23-9-10-27-28(19-23)35-18-17-34-27/h3-5,7-10,19-20H,2,6,11-18,21H2,1H3. The highest BCUT2D eigenvalue weighted by atomic mass is 16.6. The average molecular weight is 487 g/mol. The van der Waals surface area contributed by atoms with Gasteiger partial charge in [0.1, 0.15) is 18.9 Å². The number of ether oxygens (including phenoxy) is 2. The fourth-order valence-corrected chi connectivity index (χ4v) is 5.19. The van der Waals surface area contributed by atoms with Crippen molar-refractivity contribution in [3.05, 3.63) is 65.9 Å². The number of likely N-dealkylation sites (tertiary alicyclic amines) is 1. The van der Waals surface area contributed by atoms with Crippen molar-refractivity contribution < 1.29 is 14.0 Å². The molecule has 0 N–H and O–H groups in total. The Hall–Kier alpha value is -3.34. The Kier molecular flexibility index (Phi) is 7.55. The molecule has 0 spiro atoms. The van der Waals surface area contributed by atoms with Gasteiger partial charge >= 0.3 is 0 Å². The predicted molar refractivity (Wildman–Crippen MR) is 138 cm³/mol. The molecular weight excluding hydrogens is 452 g/mol. The number of hydrogen-bond donors (Lipinski definition) is 0. The van der Waals surface area contributed by atoms with Gasteiger partial charge in [-0.2, -0.15) is 5.26 Å². The molecule has 2 aliphatic heterocycles. The Labute approximate surface area is 213 Å². The largest absolute Gasteiger partial charge is 0.486 e. The van der Waals surface area contributed by atoms with Crippen molar-refractivity contribution in [3.8, 4) is 28.8 Å². The van der Waals surface area contributed by atoms with Gasteiger partial charge in [-0.25, -0.2) is 0 Å². The quantitative estimate of drug-likeness (QED) is 0.427. The first-order valence-corrected chi connectivity index (χ1v) is 13.0. The van der Waals surface area contributed by atoms with E-state index in [1.807, 2.05) is 42.5 Å². The number of piperidine rings is 1. The Morgan fingerprint density at radius 2 is 1.81 bits per heavy atom. The zero-order chi connectivity index (χ0) is 24.8. The summed E-state index contributed by atoms with van der Waals surface area (Å²) in [6.07, 6.45) is 2.87. The van der Waals surface area contributed by atoms with Gasteiger partial charge in [0.05, 0.1) is 18.0 Å². The number of aromatic nitrogens is 1. The lowest BCUT2D eigenvalue weighted by Crippen LogP contribution is -2.42. The summed E-state index contributed by atoms with van der Waals surface area (Å²) in [5.74, 6) is 2.39. The van der Waals surface area contributed by atoms with Crippen LogP contribution in [-0.4, -0.2) is 60.9 Å². The van der Waals surface area contributed by atoms with E-state index in [-0.39, 0.29) is 5.41 Å². The molecule has 1 saturated heterocycles. The van der Waals surface area contributed by atoms with Gasteiger partial charge in [0.25, 0.3) is 0 Å². The predicted octanol–water partition coefficient (Wildman–Crippen LogP) is 4.88. The van der Waals surface area contributed by atoms with Crippen LogP contribution in [0.15, 0.2) is 59.1 Å². The summed E-state index contributed by atoms with van der Waals surface area (Å²) in [4.78, 5) is 4.89. The molecule has 2 aromatic carbocycles. The second kappa shape index (κ2) is 11.2.